The maximum absolute atomic E-state index is 11.1. The summed E-state index contributed by atoms with van der Waals surface area (Å²) in [5.74, 6) is -1.12. The summed E-state index contributed by atoms with van der Waals surface area (Å²) in [7, 11) is 0. The van der Waals surface area contributed by atoms with Crippen LogP contribution >= 0.6 is 0 Å². The highest BCUT2D eigenvalue weighted by Gasteiger charge is 2.20. The molecule has 0 saturated carbocycles. The summed E-state index contributed by atoms with van der Waals surface area (Å²) in [4.78, 5) is 22.0. The molecule has 0 heterocycles. The van der Waals surface area contributed by atoms with E-state index in [1.165, 1.54) is 0 Å². The molecule has 5 nitrogen and oxygen atoms in total. The minimum Gasteiger partial charge on any atom is -0.480 e. The second kappa shape index (κ2) is 6.32. The maximum Gasteiger partial charge on any atom is 0.412 e. The molecule has 0 saturated heterocycles. The van der Waals surface area contributed by atoms with Crippen LogP contribution in [-0.4, -0.2) is 23.2 Å². The number of ether oxygens (including phenoxy) is 1. The number of carboxylic acids is 1. The normalized spacial score (nSPS) is 11.3. The molecule has 0 aromatic heterocycles. The van der Waals surface area contributed by atoms with Gasteiger partial charge in [-0.15, -0.1) is 0 Å². The Morgan fingerprint density at radius 3 is 2.59 bits per heavy atom. The highest BCUT2D eigenvalue weighted by Crippen LogP contribution is 2.03. The largest absolute Gasteiger partial charge is 0.480 e. The number of benzene rings is 1. The molecular weight excluding hydrogens is 222 g/mol. The Morgan fingerprint density at radius 1 is 1.41 bits per heavy atom. The monoisotopic (exact) mass is 235 g/mol. The Hall–Kier alpha value is -2.30. The molecule has 17 heavy (non-hydrogen) atoms. The summed E-state index contributed by atoms with van der Waals surface area (Å²) in [6, 6.07) is 7.99. The lowest BCUT2D eigenvalue weighted by Crippen LogP contribution is -2.42. The van der Waals surface area contributed by atoms with Crippen molar-refractivity contribution in [2.24, 2.45) is 0 Å². The first-order chi connectivity index (χ1) is 8.13. The summed E-state index contributed by atoms with van der Waals surface area (Å²) >= 11 is 0. The van der Waals surface area contributed by atoms with Crippen LogP contribution in [0.15, 0.2) is 43.2 Å². The van der Waals surface area contributed by atoms with Crippen LogP contribution in [0, 0.1) is 0 Å². The number of carbonyl (C=O) groups is 2. The Kier molecular flexibility index (Phi) is 4.75. The first-order valence-corrected chi connectivity index (χ1v) is 4.98. The molecule has 0 spiro atoms. The zero-order valence-corrected chi connectivity index (χ0v) is 9.13. The third-order valence-corrected chi connectivity index (χ3v) is 2.06. The van der Waals surface area contributed by atoms with Crippen molar-refractivity contribution in [3.8, 4) is 0 Å². The number of alkyl carbamates (subject to hydrolysis) is 1. The average Bonchev–Trinajstić information content (AvgIpc) is 2.29. The van der Waals surface area contributed by atoms with Gasteiger partial charge in [-0.05, 0) is 5.56 Å². The quantitative estimate of drug-likeness (QED) is 0.759. The Balaban J connectivity index is 2.64. The minimum absolute atomic E-state index is 0.197. The van der Waals surface area contributed by atoms with Crippen LogP contribution in [0.2, 0.25) is 0 Å². The van der Waals surface area contributed by atoms with E-state index >= 15 is 0 Å². The van der Waals surface area contributed by atoms with E-state index in [-0.39, 0.29) is 6.42 Å². The van der Waals surface area contributed by atoms with Crippen LogP contribution in [0.3, 0.4) is 0 Å². The molecule has 0 fully saturated rings. The minimum atomic E-state index is -1.12. The lowest BCUT2D eigenvalue weighted by atomic mass is 10.1. The van der Waals surface area contributed by atoms with Gasteiger partial charge in [0.25, 0.3) is 0 Å². The molecule has 90 valence electrons. The fraction of sp³-hybridized carbons (Fsp3) is 0.167. The highest BCUT2D eigenvalue weighted by atomic mass is 16.5. The molecule has 0 aliphatic heterocycles. The number of aliphatic carboxylic acids is 1. The van der Waals surface area contributed by atoms with Gasteiger partial charge in [0.2, 0.25) is 0 Å². The zero-order chi connectivity index (χ0) is 12.7. The lowest BCUT2D eigenvalue weighted by molar-refractivity contribution is -0.139. The SMILES string of the molecule is C=COC(=O)N[C@@H](Cc1ccccc1)C(=O)O. The molecule has 0 aliphatic rings. The van der Waals surface area contributed by atoms with Crippen molar-refractivity contribution < 1.29 is 19.4 Å². The van der Waals surface area contributed by atoms with Gasteiger partial charge in [-0.2, -0.15) is 0 Å². The third kappa shape index (κ3) is 4.38. The summed E-state index contributed by atoms with van der Waals surface area (Å²) in [5, 5.41) is 11.2. The smallest absolute Gasteiger partial charge is 0.412 e. The van der Waals surface area contributed by atoms with E-state index in [9.17, 15) is 9.59 Å². The number of hydrogen-bond acceptors (Lipinski definition) is 3. The lowest BCUT2D eigenvalue weighted by Gasteiger charge is -2.13. The van der Waals surface area contributed by atoms with E-state index in [0.717, 1.165) is 11.8 Å². The second-order valence-electron chi connectivity index (χ2n) is 3.30. The summed E-state index contributed by atoms with van der Waals surface area (Å²) in [6.07, 6.45) is 0.308. The van der Waals surface area contributed by atoms with Crippen LogP contribution in [0.25, 0.3) is 0 Å². The number of hydrogen-bond donors (Lipinski definition) is 2. The molecule has 0 aliphatic carbocycles. The van der Waals surface area contributed by atoms with Gasteiger partial charge in [0, 0.05) is 6.42 Å². The van der Waals surface area contributed by atoms with Gasteiger partial charge in [-0.1, -0.05) is 36.9 Å². The van der Waals surface area contributed by atoms with E-state index in [1.807, 2.05) is 6.07 Å². The van der Waals surface area contributed by atoms with E-state index in [0.29, 0.717) is 0 Å². The van der Waals surface area contributed by atoms with E-state index in [1.54, 1.807) is 24.3 Å². The van der Waals surface area contributed by atoms with Gasteiger partial charge in [-0.3, -0.25) is 0 Å². The molecule has 0 bridgehead atoms. The standard InChI is InChI=1S/C12H13NO4/c1-2-17-12(16)13-10(11(14)15)8-9-6-4-3-5-7-9/h2-7,10H,1,8H2,(H,13,16)(H,14,15)/t10-/m0/s1. The van der Waals surface area contributed by atoms with Crippen LogP contribution in [-0.2, 0) is 16.0 Å². The fourth-order valence-electron chi connectivity index (χ4n) is 1.30. The van der Waals surface area contributed by atoms with Crippen molar-refractivity contribution in [2.75, 3.05) is 0 Å². The van der Waals surface area contributed by atoms with E-state index < -0.39 is 18.1 Å². The average molecular weight is 235 g/mol. The first-order valence-electron chi connectivity index (χ1n) is 4.98. The van der Waals surface area contributed by atoms with Gasteiger partial charge in [0.1, 0.15) is 6.04 Å². The van der Waals surface area contributed by atoms with Gasteiger partial charge >= 0.3 is 12.1 Å². The Morgan fingerprint density at radius 2 is 2.06 bits per heavy atom. The summed E-state index contributed by atoms with van der Waals surface area (Å²) < 4.78 is 4.41. The molecule has 1 rings (SSSR count). The zero-order valence-electron chi connectivity index (χ0n) is 9.13. The molecule has 1 atom stereocenters. The third-order valence-electron chi connectivity index (χ3n) is 2.06. The number of carbonyl (C=O) groups excluding carboxylic acids is 1. The predicted molar refractivity (Wildman–Crippen MR) is 61.4 cm³/mol. The highest BCUT2D eigenvalue weighted by molar-refractivity contribution is 5.80. The van der Waals surface area contributed by atoms with Crippen LogP contribution in [0.5, 0.6) is 0 Å². The first kappa shape index (κ1) is 12.8. The molecule has 1 amide bonds. The molecule has 2 N–H and O–H groups in total. The number of nitrogens with one attached hydrogen (secondary N) is 1. The van der Waals surface area contributed by atoms with E-state index in [4.69, 9.17) is 5.11 Å². The number of carboxylic acid groups (broad SMARTS) is 1. The molecule has 0 radical (unpaired) electrons. The molecule has 5 heteroatoms. The molecular formula is C12H13NO4. The van der Waals surface area contributed by atoms with Gasteiger partial charge in [0.05, 0.1) is 6.26 Å². The Labute approximate surface area is 98.7 Å². The number of rotatable bonds is 5. The van der Waals surface area contributed by atoms with Crippen molar-refractivity contribution in [3.63, 3.8) is 0 Å². The maximum atomic E-state index is 11.1. The summed E-state index contributed by atoms with van der Waals surface area (Å²) in [6.45, 7) is 3.21. The van der Waals surface area contributed by atoms with Gasteiger partial charge in [0.15, 0.2) is 0 Å². The summed E-state index contributed by atoms with van der Waals surface area (Å²) in [5.41, 5.74) is 0.818. The Bertz CT molecular complexity index is 402. The van der Waals surface area contributed by atoms with Crippen molar-refractivity contribution in [1.82, 2.24) is 5.32 Å². The molecule has 0 unspecified atom stereocenters. The molecule has 1 aromatic rings. The van der Waals surface area contributed by atoms with Crippen molar-refractivity contribution in [2.45, 2.75) is 12.5 Å². The van der Waals surface area contributed by atoms with E-state index in [2.05, 4.69) is 16.6 Å². The molecule has 1 aromatic carbocycles. The van der Waals surface area contributed by atoms with Gasteiger partial charge < -0.3 is 15.2 Å². The predicted octanol–water partition coefficient (Wildman–Crippen LogP) is 1.55. The van der Waals surface area contributed by atoms with Crippen LogP contribution in [0.1, 0.15) is 5.56 Å². The van der Waals surface area contributed by atoms with Crippen molar-refractivity contribution >= 4 is 12.1 Å². The second-order valence-corrected chi connectivity index (χ2v) is 3.30. The van der Waals surface area contributed by atoms with Gasteiger partial charge in [-0.25, -0.2) is 9.59 Å². The van der Waals surface area contributed by atoms with Crippen molar-refractivity contribution in [1.29, 1.82) is 0 Å². The number of amides is 1. The van der Waals surface area contributed by atoms with Crippen LogP contribution < -0.4 is 5.32 Å². The fourth-order valence-corrected chi connectivity index (χ4v) is 1.30. The van der Waals surface area contributed by atoms with Crippen molar-refractivity contribution in [3.05, 3.63) is 48.7 Å². The van der Waals surface area contributed by atoms with Crippen LogP contribution in [0.4, 0.5) is 4.79 Å². The topological polar surface area (TPSA) is 75.6 Å².